The third-order valence-corrected chi connectivity index (χ3v) is 3.72. The topological polar surface area (TPSA) is 138 Å². The van der Waals surface area contributed by atoms with Crippen LogP contribution in [0, 0.1) is 11.3 Å². The summed E-state index contributed by atoms with van der Waals surface area (Å²) >= 11 is 0. The van der Waals surface area contributed by atoms with Crippen LogP contribution in [0.4, 0.5) is 5.69 Å². The van der Waals surface area contributed by atoms with E-state index in [2.05, 4.69) is 38.2 Å². The molecule has 10 nitrogen and oxygen atoms in total. The molecular formula is C18H23N7O3. The fourth-order valence-electron chi connectivity index (χ4n) is 2.45. The summed E-state index contributed by atoms with van der Waals surface area (Å²) in [7, 11) is 1.57. The number of ether oxygens (including phenoxy) is 2. The number of carbonyl (C=O) groups excluding carboxylic acids is 1. The van der Waals surface area contributed by atoms with Crippen molar-refractivity contribution in [2.75, 3.05) is 25.6 Å². The standard InChI is InChI=1S/C18H23N7O3/c1-4-5-13-8-16(27-3)17(28-7-6-20-12(2)26)9-15(13)21-11-14(10-19)18-22-24-25-23-18/h8-9,11,21H,4-7H2,1-3H3,(H,20,26)(H,22,23,24,25). The van der Waals surface area contributed by atoms with E-state index in [0.29, 0.717) is 24.7 Å². The fourth-order valence-corrected chi connectivity index (χ4v) is 2.45. The molecule has 0 saturated carbocycles. The summed E-state index contributed by atoms with van der Waals surface area (Å²) in [4.78, 5) is 11.0. The first-order valence-electron chi connectivity index (χ1n) is 8.77. The number of benzene rings is 1. The predicted octanol–water partition coefficient (Wildman–Crippen LogP) is 1.65. The summed E-state index contributed by atoms with van der Waals surface area (Å²) in [5.74, 6) is 1.21. The third-order valence-electron chi connectivity index (χ3n) is 3.72. The largest absolute Gasteiger partial charge is 0.493 e. The molecule has 3 N–H and O–H groups in total. The lowest BCUT2D eigenvalue weighted by atomic mass is 10.1. The molecule has 0 radical (unpaired) electrons. The monoisotopic (exact) mass is 385 g/mol. The Balaban J connectivity index is 2.25. The number of hydrogen-bond donors (Lipinski definition) is 3. The molecule has 1 heterocycles. The first-order valence-corrected chi connectivity index (χ1v) is 8.77. The van der Waals surface area contributed by atoms with Gasteiger partial charge in [0.05, 0.1) is 13.7 Å². The summed E-state index contributed by atoms with van der Waals surface area (Å²) in [5.41, 5.74) is 2.02. The van der Waals surface area contributed by atoms with Gasteiger partial charge in [0.2, 0.25) is 11.7 Å². The Morgan fingerprint density at radius 1 is 1.39 bits per heavy atom. The SMILES string of the molecule is CCCc1cc(OC)c(OCCNC(C)=O)cc1NC=C(C#N)c1nn[nH]n1. The van der Waals surface area contributed by atoms with Crippen LogP contribution in [0.15, 0.2) is 18.3 Å². The van der Waals surface area contributed by atoms with Gasteiger partial charge in [0.1, 0.15) is 18.2 Å². The van der Waals surface area contributed by atoms with Crippen molar-refractivity contribution < 1.29 is 14.3 Å². The predicted molar refractivity (Wildman–Crippen MR) is 103 cm³/mol. The van der Waals surface area contributed by atoms with Crippen molar-refractivity contribution in [1.29, 1.82) is 5.26 Å². The van der Waals surface area contributed by atoms with Gasteiger partial charge in [-0.1, -0.05) is 13.3 Å². The van der Waals surface area contributed by atoms with Gasteiger partial charge < -0.3 is 20.1 Å². The van der Waals surface area contributed by atoms with E-state index in [4.69, 9.17) is 9.47 Å². The van der Waals surface area contributed by atoms with Gasteiger partial charge in [-0.2, -0.15) is 10.5 Å². The molecule has 0 aliphatic rings. The highest BCUT2D eigenvalue weighted by molar-refractivity contribution is 5.75. The highest BCUT2D eigenvalue weighted by Gasteiger charge is 2.12. The summed E-state index contributed by atoms with van der Waals surface area (Å²) in [6, 6.07) is 5.73. The summed E-state index contributed by atoms with van der Waals surface area (Å²) in [6.45, 7) is 4.20. The van der Waals surface area contributed by atoms with E-state index in [1.54, 1.807) is 13.2 Å². The fraction of sp³-hybridized carbons (Fsp3) is 0.389. The Hall–Kier alpha value is -3.61. The molecule has 0 atom stereocenters. The van der Waals surface area contributed by atoms with Crippen LogP contribution in [0.2, 0.25) is 0 Å². The van der Waals surface area contributed by atoms with E-state index in [0.717, 1.165) is 24.1 Å². The van der Waals surface area contributed by atoms with E-state index < -0.39 is 0 Å². The molecule has 1 amide bonds. The zero-order valence-corrected chi connectivity index (χ0v) is 16.1. The lowest BCUT2D eigenvalue weighted by Crippen LogP contribution is -2.25. The number of aromatic nitrogens is 4. The average molecular weight is 385 g/mol. The van der Waals surface area contributed by atoms with E-state index in [1.807, 2.05) is 12.1 Å². The second-order valence-corrected chi connectivity index (χ2v) is 5.79. The zero-order chi connectivity index (χ0) is 20.4. The van der Waals surface area contributed by atoms with E-state index >= 15 is 0 Å². The van der Waals surface area contributed by atoms with Gasteiger partial charge in [0.15, 0.2) is 11.5 Å². The Bertz CT molecular complexity index is 857. The number of methoxy groups -OCH3 is 1. The quantitative estimate of drug-likeness (QED) is 0.415. The average Bonchev–Trinajstić information content (AvgIpc) is 3.21. The molecule has 0 bridgehead atoms. The summed E-state index contributed by atoms with van der Waals surface area (Å²) < 4.78 is 11.2. The second-order valence-electron chi connectivity index (χ2n) is 5.79. The molecule has 0 aliphatic heterocycles. The van der Waals surface area contributed by atoms with Gasteiger partial charge in [-0.25, -0.2) is 0 Å². The van der Waals surface area contributed by atoms with Gasteiger partial charge in [-0.15, -0.1) is 10.2 Å². The van der Waals surface area contributed by atoms with Crippen LogP contribution in [-0.2, 0) is 11.2 Å². The minimum atomic E-state index is -0.119. The molecule has 0 spiro atoms. The van der Waals surface area contributed by atoms with Gasteiger partial charge in [0.25, 0.3) is 0 Å². The van der Waals surface area contributed by atoms with Crippen molar-refractivity contribution in [3.8, 4) is 17.6 Å². The number of nitriles is 1. The van der Waals surface area contributed by atoms with E-state index in [-0.39, 0.29) is 17.3 Å². The van der Waals surface area contributed by atoms with Crippen molar-refractivity contribution in [3.05, 3.63) is 29.7 Å². The van der Waals surface area contributed by atoms with Gasteiger partial charge in [-0.05, 0) is 23.3 Å². The highest BCUT2D eigenvalue weighted by atomic mass is 16.5. The number of amides is 1. The van der Waals surface area contributed by atoms with Crippen LogP contribution in [0.3, 0.4) is 0 Å². The first-order chi connectivity index (χ1) is 13.6. The number of nitrogens with zero attached hydrogens (tertiary/aromatic N) is 4. The smallest absolute Gasteiger partial charge is 0.216 e. The van der Waals surface area contributed by atoms with Crippen LogP contribution < -0.4 is 20.1 Å². The lowest BCUT2D eigenvalue weighted by molar-refractivity contribution is -0.119. The molecule has 10 heteroatoms. The van der Waals surface area contributed by atoms with Crippen molar-refractivity contribution in [3.63, 3.8) is 0 Å². The van der Waals surface area contributed by atoms with Crippen LogP contribution in [0.1, 0.15) is 31.7 Å². The highest BCUT2D eigenvalue weighted by Crippen LogP contribution is 2.34. The lowest BCUT2D eigenvalue weighted by Gasteiger charge is -2.16. The molecule has 0 aliphatic carbocycles. The van der Waals surface area contributed by atoms with Gasteiger partial charge >= 0.3 is 0 Å². The van der Waals surface area contributed by atoms with Crippen LogP contribution in [0.5, 0.6) is 11.5 Å². The molecule has 0 unspecified atom stereocenters. The number of H-pyrrole nitrogens is 1. The molecule has 0 fully saturated rings. The minimum Gasteiger partial charge on any atom is -0.493 e. The van der Waals surface area contributed by atoms with Crippen LogP contribution in [0.25, 0.3) is 5.57 Å². The number of hydrogen-bond acceptors (Lipinski definition) is 8. The van der Waals surface area contributed by atoms with E-state index in [9.17, 15) is 10.1 Å². The molecule has 1 aromatic heterocycles. The number of rotatable bonds is 10. The first kappa shape index (κ1) is 20.7. The number of anilines is 1. The molecule has 28 heavy (non-hydrogen) atoms. The Kier molecular flexibility index (Phi) is 7.77. The number of allylic oxidation sites excluding steroid dienone is 1. The Morgan fingerprint density at radius 2 is 2.21 bits per heavy atom. The van der Waals surface area contributed by atoms with E-state index in [1.165, 1.54) is 13.1 Å². The van der Waals surface area contributed by atoms with Crippen molar-refractivity contribution in [2.24, 2.45) is 0 Å². The van der Waals surface area contributed by atoms with Gasteiger partial charge in [0, 0.05) is 24.9 Å². The minimum absolute atomic E-state index is 0.119. The number of aryl methyl sites for hydroxylation is 1. The Labute approximate surface area is 162 Å². The molecule has 148 valence electrons. The van der Waals surface area contributed by atoms with Crippen LogP contribution in [-0.4, -0.2) is 46.8 Å². The summed E-state index contributed by atoms with van der Waals surface area (Å²) in [5, 5.41) is 28.5. The molecular weight excluding hydrogens is 362 g/mol. The van der Waals surface area contributed by atoms with Crippen LogP contribution >= 0.6 is 0 Å². The maximum Gasteiger partial charge on any atom is 0.216 e. The van der Waals surface area contributed by atoms with Crippen molar-refractivity contribution >= 4 is 17.2 Å². The number of carbonyl (C=O) groups is 1. The number of aromatic amines is 1. The van der Waals surface area contributed by atoms with Gasteiger partial charge in [-0.3, -0.25) is 4.79 Å². The molecule has 0 saturated heterocycles. The zero-order valence-electron chi connectivity index (χ0n) is 16.1. The van der Waals surface area contributed by atoms with Crippen molar-refractivity contribution in [1.82, 2.24) is 25.9 Å². The Morgan fingerprint density at radius 3 is 2.82 bits per heavy atom. The maximum atomic E-state index is 11.0. The summed E-state index contributed by atoms with van der Waals surface area (Å²) in [6.07, 6.45) is 3.26. The molecule has 2 aromatic rings. The normalized spacial score (nSPS) is 10.9. The maximum absolute atomic E-state index is 11.0. The third kappa shape index (κ3) is 5.70. The van der Waals surface area contributed by atoms with Crippen molar-refractivity contribution in [2.45, 2.75) is 26.7 Å². The molecule has 1 aromatic carbocycles. The number of tetrazole rings is 1. The second kappa shape index (κ2) is 10.5. The number of nitrogens with one attached hydrogen (secondary N) is 3. The molecule has 2 rings (SSSR count).